The summed E-state index contributed by atoms with van der Waals surface area (Å²) >= 11 is 6.12. The Hall–Kier alpha value is -3.45. The fraction of sp³-hybridized carbons (Fsp3) is 0.100. The van der Waals surface area contributed by atoms with Gasteiger partial charge in [0.05, 0.1) is 18.9 Å². The van der Waals surface area contributed by atoms with Gasteiger partial charge in [-0.25, -0.2) is 4.98 Å². The number of anilines is 2. The average molecular weight is 394 g/mol. The van der Waals surface area contributed by atoms with Crippen molar-refractivity contribution in [2.24, 2.45) is 0 Å². The van der Waals surface area contributed by atoms with Crippen molar-refractivity contribution in [1.29, 1.82) is 0 Å². The quantitative estimate of drug-likeness (QED) is 0.515. The monoisotopic (exact) mass is 393 g/mol. The van der Waals surface area contributed by atoms with Gasteiger partial charge >= 0.3 is 0 Å². The Labute approximate surface area is 166 Å². The van der Waals surface area contributed by atoms with Gasteiger partial charge in [-0.3, -0.25) is 0 Å². The van der Waals surface area contributed by atoms with E-state index in [1.165, 1.54) is 6.39 Å². The van der Waals surface area contributed by atoms with E-state index >= 15 is 0 Å². The predicted molar refractivity (Wildman–Crippen MR) is 107 cm³/mol. The van der Waals surface area contributed by atoms with Gasteiger partial charge in [0.25, 0.3) is 0 Å². The zero-order valence-electron chi connectivity index (χ0n) is 15.2. The van der Waals surface area contributed by atoms with Crippen LogP contribution >= 0.6 is 11.6 Å². The first-order valence-corrected chi connectivity index (χ1v) is 8.83. The Morgan fingerprint density at radius 1 is 1.04 bits per heavy atom. The van der Waals surface area contributed by atoms with Crippen LogP contribution in [-0.2, 0) is 0 Å². The lowest BCUT2D eigenvalue weighted by molar-refractivity contribution is 0.415. The normalized spacial score (nSPS) is 10.7. The number of aryl methyl sites for hydroxylation is 1. The molecule has 140 valence electrons. The van der Waals surface area contributed by atoms with Crippen molar-refractivity contribution < 1.29 is 9.15 Å². The first-order chi connectivity index (χ1) is 13.6. The molecule has 0 aliphatic carbocycles. The number of hydrogen-bond acceptors (Lipinski definition) is 7. The number of benzene rings is 2. The van der Waals surface area contributed by atoms with Gasteiger partial charge in [-0.15, -0.1) is 0 Å². The standard InChI is InChI=1S/C20H16ClN5O2/c1-12-5-3-4-6-14(12)18-24-19(21)26-20(25-18)23-13-7-8-15(16(9-13)27-2)17-10-22-11-28-17/h3-11H,1-2H3,(H,23,24,25,26). The third-order valence-electron chi connectivity index (χ3n) is 4.15. The lowest BCUT2D eigenvalue weighted by atomic mass is 10.1. The topological polar surface area (TPSA) is 86.0 Å². The second-order valence-corrected chi connectivity index (χ2v) is 6.31. The van der Waals surface area contributed by atoms with Crippen LogP contribution in [0.3, 0.4) is 0 Å². The van der Waals surface area contributed by atoms with Gasteiger partial charge in [0.2, 0.25) is 11.2 Å². The van der Waals surface area contributed by atoms with E-state index in [0.717, 1.165) is 22.4 Å². The molecular formula is C20H16ClN5O2. The molecule has 4 aromatic rings. The third kappa shape index (κ3) is 3.65. The molecule has 0 fully saturated rings. The number of halogens is 1. The maximum absolute atomic E-state index is 6.12. The molecule has 0 amide bonds. The van der Waals surface area contributed by atoms with Gasteiger partial charge < -0.3 is 14.5 Å². The van der Waals surface area contributed by atoms with Crippen LogP contribution < -0.4 is 10.1 Å². The summed E-state index contributed by atoms with van der Waals surface area (Å²) in [7, 11) is 1.59. The van der Waals surface area contributed by atoms with E-state index in [9.17, 15) is 0 Å². The fourth-order valence-electron chi connectivity index (χ4n) is 2.80. The maximum Gasteiger partial charge on any atom is 0.232 e. The summed E-state index contributed by atoms with van der Waals surface area (Å²) in [4.78, 5) is 16.9. The molecule has 0 aliphatic rings. The van der Waals surface area contributed by atoms with Gasteiger partial charge in [-0.05, 0) is 36.2 Å². The zero-order valence-corrected chi connectivity index (χ0v) is 15.9. The molecular weight excluding hydrogens is 378 g/mol. The summed E-state index contributed by atoms with van der Waals surface area (Å²) in [5.74, 6) is 2.09. The van der Waals surface area contributed by atoms with Gasteiger partial charge in [-0.2, -0.15) is 15.0 Å². The van der Waals surface area contributed by atoms with E-state index in [0.29, 0.717) is 23.3 Å². The minimum atomic E-state index is 0.112. The third-order valence-corrected chi connectivity index (χ3v) is 4.32. The van der Waals surface area contributed by atoms with Crippen molar-refractivity contribution in [3.63, 3.8) is 0 Å². The molecule has 0 aliphatic heterocycles. The van der Waals surface area contributed by atoms with Crippen LogP contribution in [-0.4, -0.2) is 27.0 Å². The molecule has 4 rings (SSSR count). The highest BCUT2D eigenvalue weighted by atomic mass is 35.5. The SMILES string of the molecule is COc1cc(Nc2nc(Cl)nc(-c3ccccc3C)n2)ccc1-c1cnco1. The summed E-state index contributed by atoms with van der Waals surface area (Å²) in [6, 6.07) is 13.4. The van der Waals surface area contributed by atoms with Gasteiger partial charge in [0, 0.05) is 17.3 Å². The van der Waals surface area contributed by atoms with E-state index in [4.69, 9.17) is 20.8 Å². The van der Waals surface area contributed by atoms with Crippen molar-refractivity contribution in [2.45, 2.75) is 6.92 Å². The molecule has 2 aromatic heterocycles. The molecule has 0 atom stereocenters. The number of aromatic nitrogens is 4. The Bertz CT molecular complexity index is 1120. The van der Waals surface area contributed by atoms with Crippen molar-refractivity contribution in [3.05, 3.63) is 65.9 Å². The summed E-state index contributed by atoms with van der Waals surface area (Å²) in [6.45, 7) is 1.99. The lowest BCUT2D eigenvalue weighted by Gasteiger charge is -2.11. The number of rotatable bonds is 5. The van der Waals surface area contributed by atoms with Crippen LogP contribution in [0.2, 0.25) is 5.28 Å². The van der Waals surface area contributed by atoms with Gasteiger partial charge in [0.15, 0.2) is 18.0 Å². The van der Waals surface area contributed by atoms with E-state index in [1.54, 1.807) is 13.3 Å². The number of methoxy groups -OCH3 is 1. The van der Waals surface area contributed by atoms with E-state index in [-0.39, 0.29) is 5.28 Å². The second-order valence-electron chi connectivity index (χ2n) is 5.97. The molecule has 7 nitrogen and oxygen atoms in total. The summed E-state index contributed by atoms with van der Waals surface area (Å²) in [5.41, 5.74) is 3.47. The molecule has 1 N–H and O–H groups in total. The van der Waals surface area contributed by atoms with Crippen LogP contribution in [0.4, 0.5) is 11.6 Å². The average Bonchev–Trinajstić information content (AvgIpc) is 3.22. The molecule has 2 heterocycles. The van der Waals surface area contributed by atoms with Crippen LogP contribution in [0.5, 0.6) is 5.75 Å². The van der Waals surface area contributed by atoms with Crippen molar-refractivity contribution in [2.75, 3.05) is 12.4 Å². The molecule has 0 saturated carbocycles. The van der Waals surface area contributed by atoms with E-state index in [2.05, 4.69) is 25.3 Å². The first kappa shape index (κ1) is 17.9. The van der Waals surface area contributed by atoms with Gasteiger partial charge in [0.1, 0.15) is 5.75 Å². The van der Waals surface area contributed by atoms with Gasteiger partial charge in [-0.1, -0.05) is 24.3 Å². The predicted octanol–water partition coefficient (Wildman–Crippen LogP) is 4.91. The molecule has 0 unspecified atom stereocenters. The Morgan fingerprint density at radius 3 is 2.64 bits per heavy atom. The highest BCUT2D eigenvalue weighted by Gasteiger charge is 2.13. The molecule has 2 aromatic carbocycles. The first-order valence-electron chi connectivity index (χ1n) is 8.45. The molecule has 0 spiro atoms. The molecule has 0 bridgehead atoms. The number of ether oxygens (including phenoxy) is 1. The highest BCUT2D eigenvalue weighted by molar-refractivity contribution is 6.28. The minimum Gasteiger partial charge on any atom is -0.496 e. The summed E-state index contributed by atoms with van der Waals surface area (Å²) < 4.78 is 10.8. The van der Waals surface area contributed by atoms with E-state index < -0.39 is 0 Å². The van der Waals surface area contributed by atoms with Crippen LogP contribution in [0.15, 0.2) is 59.5 Å². The Balaban J connectivity index is 1.67. The van der Waals surface area contributed by atoms with Crippen LogP contribution in [0.1, 0.15) is 5.56 Å². The Morgan fingerprint density at radius 2 is 1.89 bits per heavy atom. The maximum atomic E-state index is 6.12. The molecule has 8 heteroatoms. The second kappa shape index (κ2) is 7.66. The van der Waals surface area contributed by atoms with Crippen molar-refractivity contribution in [3.8, 4) is 28.5 Å². The summed E-state index contributed by atoms with van der Waals surface area (Å²) in [5, 5.41) is 3.26. The molecule has 28 heavy (non-hydrogen) atoms. The largest absolute Gasteiger partial charge is 0.496 e. The molecule has 0 radical (unpaired) electrons. The lowest BCUT2D eigenvalue weighted by Crippen LogP contribution is -2.02. The smallest absolute Gasteiger partial charge is 0.232 e. The van der Waals surface area contributed by atoms with Crippen LogP contribution in [0, 0.1) is 6.92 Å². The number of hydrogen-bond donors (Lipinski definition) is 1. The minimum absolute atomic E-state index is 0.112. The van der Waals surface area contributed by atoms with E-state index in [1.807, 2.05) is 49.4 Å². The van der Waals surface area contributed by atoms with Crippen LogP contribution in [0.25, 0.3) is 22.7 Å². The summed E-state index contributed by atoms with van der Waals surface area (Å²) in [6.07, 6.45) is 3.01. The highest BCUT2D eigenvalue weighted by Crippen LogP contribution is 2.33. The number of nitrogens with one attached hydrogen (secondary N) is 1. The Kier molecular flexibility index (Phi) is 4.90. The zero-order chi connectivity index (χ0) is 19.5. The molecule has 0 saturated heterocycles. The van der Waals surface area contributed by atoms with Crippen molar-refractivity contribution >= 4 is 23.2 Å². The number of nitrogens with zero attached hydrogens (tertiary/aromatic N) is 4. The number of oxazole rings is 1. The fourth-order valence-corrected chi connectivity index (χ4v) is 2.96. The van der Waals surface area contributed by atoms with Crippen molar-refractivity contribution in [1.82, 2.24) is 19.9 Å².